The van der Waals surface area contributed by atoms with Crippen molar-refractivity contribution in [2.45, 2.75) is 19.3 Å². The van der Waals surface area contributed by atoms with Gasteiger partial charge in [-0.25, -0.2) is 0 Å². The highest BCUT2D eigenvalue weighted by atomic mass is 16.6. The van der Waals surface area contributed by atoms with Gasteiger partial charge in [-0.2, -0.15) is 0 Å². The van der Waals surface area contributed by atoms with Crippen LogP contribution in [0.2, 0.25) is 0 Å². The highest BCUT2D eigenvalue weighted by Gasteiger charge is 2.18. The van der Waals surface area contributed by atoms with Gasteiger partial charge in [0, 0.05) is 5.56 Å². The Bertz CT molecular complexity index is 671. The predicted octanol–water partition coefficient (Wildman–Crippen LogP) is 4.54. The lowest BCUT2D eigenvalue weighted by Crippen LogP contribution is -2.14. The lowest BCUT2D eigenvalue weighted by molar-refractivity contribution is 0.212. The molecule has 2 heteroatoms. The molecule has 0 fully saturated rings. The highest BCUT2D eigenvalue weighted by molar-refractivity contribution is 6.05. The molecule has 106 valence electrons. The van der Waals surface area contributed by atoms with Crippen molar-refractivity contribution in [1.82, 2.24) is 0 Å². The van der Waals surface area contributed by atoms with Crippen molar-refractivity contribution in [2.24, 2.45) is 5.16 Å². The van der Waals surface area contributed by atoms with Gasteiger partial charge in [0.2, 0.25) is 0 Å². The first-order valence-electron chi connectivity index (χ1n) is 7.34. The van der Waals surface area contributed by atoms with Gasteiger partial charge in [-0.3, -0.25) is 0 Å². The Morgan fingerprint density at radius 3 is 2.62 bits per heavy atom. The summed E-state index contributed by atoms with van der Waals surface area (Å²) in [5, 5.41) is 4.22. The molecule has 21 heavy (non-hydrogen) atoms. The minimum absolute atomic E-state index is 0.983. The Morgan fingerprint density at radius 1 is 0.952 bits per heavy atom. The van der Waals surface area contributed by atoms with Crippen LogP contribution in [0.15, 0.2) is 53.7 Å². The smallest absolute Gasteiger partial charge is 0.106 e. The van der Waals surface area contributed by atoms with Gasteiger partial charge in [-0.15, -0.1) is 0 Å². The molecular weight excluding hydrogens is 258 g/mol. The maximum atomic E-state index is 5.02. The first-order valence-corrected chi connectivity index (χ1v) is 7.34. The fraction of sp³-hybridized carbons (Fsp3) is 0.211. The Hall–Kier alpha value is -2.35. The number of nitrogens with zero attached hydrogens (tertiary/aromatic N) is 1. The zero-order valence-corrected chi connectivity index (χ0v) is 12.3. The summed E-state index contributed by atoms with van der Waals surface area (Å²) < 4.78 is 0. The molecule has 0 aliphatic heterocycles. The second kappa shape index (κ2) is 6.40. The van der Waals surface area contributed by atoms with Crippen molar-refractivity contribution in [1.29, 1.82) is 0 Å². The lowest BCUT2D eigenvalue weighted by Gasteiger charge is -2.19. The third-order valence-electron chi connectivity index (χ3n) is 3.79. The monoisotopic (exact) mass is 277 g/mol. The van der Waals surface area contributed by atoms with E-state index >= 15 is 0 Å². The quantitative estimate of drug-likeness (QED) is 0.596. The Labute approximate surface area is 125 Å². The predicted molar refractivity (Wildman–Crippen MR) is 88.3 cm³/mol. The lowest BCUT2D eigenvalue weighted by atomic mass is 9.86. The summed E-state index contributed by atoms with van der Waals surface area (Å²) in [6.45, 7) is 0. The van der Waals surface area contributed by atoms with Crippen LogP contribution in [0, 0.1) is 0 Å². The number of hydrogen-bond donors (Lipinski definition) is 0. The van der Waals surface area contributed by atoms with Crippen LogP contribution >= 0.6 is 0 Å². The molecule has 0 spiro atoms. The summed E-state index contributed by atoms with van der Waals surface area (Å²) in [4.78, 5) is 5.02. The van der Waals surface area contributed by atoms with Gasteiger partial charge in [-0.1, -0.05) is 65.8 Å². The molecule has 0 bridgehead atoms. The van der Waals surface area contributed by atoms with Gasteiger partial charge in [0.1, 0.15) is 7.11 Å². The summed E-state index contributed by atoms with van der Waals surface area (Å²) in [6, 6.07) is 16.8. The first kappa shape index (κ1) is 13.6. The number of hydrogen-bond acceptors (Lipinski definition) is 2. The molecule has 0 amide bonds. The molecule has 0 saturated carbocycles. The molecule has 3 rings (SSSR count). The van der Waals surface area contributed by atoms with Crippen molar-refractivity contribution < 1.29 is 4.84 Å². The Balaban J connectivity index is 2.00. The second-order valence-electron chi connectivity index (χ2n) is 5.20. The van der Waals surface area contributed by atoms with Crippen LogP contribution in [0.4, 0.5) is 0 Å². The van der Waals surface area contributed by atoms with E-state index in [-0.39, 0.29) is 0 Å². The van der Waals surface area contributed by atoms with E-state index < -0.39 is 0 Å². The summed E-state index contributed by atoms with van der Waals surface area (Å²) >= 11 is 0. The average Bonchev–Trinajstić information content (AvgIpc) is 2.54. The van der Waals surface area contributed by atoms with E-state index in [1.54, 1.807) is 7.11 Å². The van der Waals surface area contributed by atoms with Crippen LogP contribution in [-0.2, 0) is 11.3 Å². The van der Waals surface area contributed by atoms with Crippen LogP contribution in [-0.4, -0.2) is 12.8 Å². The maximum Gasteiger partial charge on any atom is 0.106 e. The van der Waals surface area contributed by atoms with E-state index in [1.165, 1.54) is 22.3 Å². The molecule has 0 aromatic heterocycles. The van der Waals surface area contributed by atoms with Crippen molar-refractivity contribution in [2.75, 3.05) is 7.11 Å². The molecule has 2 aromatic rings. The number of oxime groups is 1. The van der Waals surface area contributed by atoms with Crippen molar-refractivity contribution in [3.05, 3.63) is 70.8 Å². The van der Waals surface area contributed by atoms with Gasteiger partial charge in [0.15, 0.2) is 0 Å². The topological polar surface area (TPSA) is 21.6 Å². The van der Waals surface area contributed by atoms with Gasteiger partial charge in [0.05, 0.1) is 5.71 Å². The molecule has 0 atom stereocenters. The van der Waals surface area contributed by atoms with Crippen molar-refractivity contribution >= 4 is 17.9 Å². The normalized spacial score (nSPS) is 16.1. The summed E-state index contributed by atoms with van der Waals surface area (Å²) in [5.74, 6) is 0. The maximum absolute atomic E-state index is 5.02. The highest BCUT2D eigenvalue weighted by Crippen LogP contribution is 2.26. The van der Waals surface area contributed by atoms with Crippen LogP contribution < -0.4 is 0 Å². The van der Waals surface area contributed by atoms with Gasteiger partial charge < -0.3 is 4.84 Å². The zero-order chi connectivity index (χ0) is 14.5. The number of rotatable bonds is 3. The van der Waals surface area contributed by atoms with Gasteiger partial charge in [0.25, 0.3) is 0 Å². The van der Waals surface area contributed by atoms with E-state index in [9.17, 15) is 0 Å². The van der Waals surface area contributed by atoms with E-state index in [1.807, 2.05) is 6.07 Å². The molecule has 0 heterocycles. The van der Waals surface area contributed by atoms with E-state index in [4.69, 9.17) is 4.84 Å². The molecular formula is C19H19NO. The van der Waals surface area contributed by atoms with Crippen LogP contribution in [0.1, 0.15) is 35.1 Å². The minimum Gasteiger partial charge on any atom is -0.399 e. The molecule has 1 aliphatic carbocycles. The average molecular weight is 277 g/mol. The third kappa shape index (κ3) is 3.05. The molecule has 2 nitrogen and oxygen atoms in total. The minimum atomic E-state index is 0.983. The number of aryl methyl sites for hydroxylation is 1. The zero-order valence-electron chi connectivity index (χ0n) is 12.3. The first-order chi connectivity index (χ1) is 10.4. The SMILES string of the molecule is CO/N=C1/CCCc2cccc(/C=C/c3ccccc3)c21. The van der Waals surface area contributed by atoms with Crippen LogP contribution in [0.3, 0.4) is 0 Å². The van der Waals surface area contributed by atoms with E-state index in [0.29, 0.717) is 0 Å². The third-order valence-corrected chi connectivity index (χ3v) is 3.79. The fourth-order valence-electron chi connectivity index (χ4n) is 2.84. The Kier molecular flexibility index (Phi) is 4.15. The summed E-state index contributed by atoms with van der Waals surface area (Å²) in [7, 11) is 1.61. The van der Waals surface area contributed by atoms with Gasteiger partial charge >= 0.3 is 0 Å². The second-order valence-corrected chi connectivity index (χ2v) is 5.20. The molecule has 0 N–H and O–H groups in total. The molecule has 0 unspecified atom stereocenters. The van der Waals surface area contributed by atoms with E-state index in [0.717, 1.165) is 25.0 Å². The van der Waals surface area contributed by atoms with Crippen molar-refractivity contribution in [3.8, 4) is 0 Å². The van der Waals surface area contributed by atoms with Crippen LogP contribution in [0.5, 0.6) is 0 Å². The molecule has 0 radical (unpaired) electrons. The largest absolute Gasteiger partial charge is 0.399 e. The molecule has 0 saturated heterocycles. The van der Waals surface area contributed by atoms with Crippen molar-refractivity contribution in [3.63, 3.8) is 0 Å². The fourth-order valence-corrected chi connectivity index (χ4v) is 2.84. The van der Waals surface area contributed by atoms with E-state index in [2.05, 4.69) is 59.8 Å². The molecule has 2 aromatic carbocycles. The van der Waals surface area contributed by atoms with Gasteiger partial charge in [-0.05, 0) is 36.0 Å². The number of benzene rings is 2. The summed E-state index contributed by atoms with van der Waals surface area (Å²) in [6.07, 6.45) is 7.56. The van der Waals surface area contributed by atoms with Crippen LogP contribution in [0.25, 0.3) is 12.2 Å². The molecule has 1 aliphatic rings. The summed E-state index contributed by atoms with van der Waals surface area (Å²) in [5.41, 5.74) is 6.10. The Morgan fingerprint density at radius 2 is 1.81 bits per heavy atom. The standard InChI is InChI=1S/C19H19NO/c1-21-20-18-12-6-11-16-9-5-10-17(19(16)18)14-13-15-7-3-2-4-8-15/h2-5,7-10,13-14H,6,11-12H2,1H3/b14-13+,20-18-. The number of fused-ring (bicyclic) bond motifs is 1.